The van der Waals surface area contributed by atoms with Gasteiger partial charge in [-0.15, -0.1) is 0 Å². The average Bonchev–Trinajstić information content (AvgIpc) is 1.66. The van der Waals surface area contributed by atoms with E-state index in [2.05, 4.69) is 0 Å². The molecule has 0 fully saturated rings. The van der Waals surface area contributed by atoms with Gasteiger partial charge in [-0.1, -0.05) is 0 Å². The van der Waals surface area contributed by atoms with Crippen LogP contribution in [0.15, 0.2) is 0 Å². The molecule has 0 aromatic heterocycles. The number of aliphatic hydroxyl groups is 1. The summed E-state index contributed by atoms with van der Waals surface area (Å²) in [7, 11) is 1.00. The van der Waals surface area contributed by atoms with Crippen molar-refractivity contribution in [1.29, 1.82) is 0 Å². The standard InChI is InChI=1S/CH4O.Co.2NO3.6H2O/c1-2;;2*2-1(3)4;;;;;;/h2H,1H3;;;;6*1H2/q;+2;2*-1;;;;;;. The van der Waals surface area contributed by atoms with Crippen LogP contribution in [0.3, 0.4) is 0 Å². The molecule has 1 radical (unpaired) electrons. The average molecular weight is 323 g/mol. The molecule has 0 amide bonds. The Bertz CT molecular complexity index is 77.4. The molecule has 0 unspecified atom stereocenters. The van der Waals surface area contributed by atoms with Gasteiger partial charge in [-0.05, 0) is 0 Å². The summed E-state index contributed by atoms with van der Waals surface area (Å²) in [6, 6.07) is 0. The summed E-state index contributed by atoms with van der Waals surface area (Å²) in [6.07, 6.45) is 0. The first-order valence-electron chi connectivity index (χ1n) is 1.54. The van der Waals surface area contributed by atoms with Crippen LogP contribution in [0.4, 0.5) is 0 Å². The minimum absolute atomic E-state index is 0. The van der Waals surface area contributed by atoms with Crippen LogP contribution in [0.25, 0.3) is 0 Å². The fourth-order valence-electron chi connectivity index (χ4n) is 0. The molecule has 16 heteroatoms. The molecule has 15 nitrogen and oxygen atoms in total. The Hall–Kier alpha value is -1.37. The smallest absolute Gasteiger partial charge is 0.412 e. The molecular formula is CH16CoN2O13. The van der Waals surface area contributed by atoms with Crippen molar-refractivity contribution in [2.75, 3.05) is 7.11 Å². The fourth-order valence-corrected chi connectivity index (χ4v) is 0. The van der Waals surface area contributed by atoms with Gasteiger partial charge in [0.1, 0.15) is 0 Å². The Morgan fingerprint density at radius 1 is 0.647 bits per heavy atom. The molecule has 117 valence electrons. The molecule has 0 aliphatic heterocycles. The van der Waals surface area contributed by atoms with Crippen LogP contribution < -0.4 is 0 Å². The molecule has 0 aromatic carbocycles. The van der Waals surface area contributed by atoms with Crippen LogP contribution >= 0.6 is 0 Å². The Morgan fingerprint density at radius 3 is 0.647 bits per heavy atom. The summed E-state index contributed by atoms with van der Waals surface area (Å²) in [6.45, 7) is 0. The molecule has 0 aliphatic carbocycles. The van der Waals surface area contributed by atoms with Crippen molar-refractivity contribution in [3.05, 3.63) is 30.6 Å². The summed E-state index contributed by atoms with van der Waals surface area (Å²) in [5.74, 6) is 0. The molecule has 0 saturated carbocycles. The normalized spacial score (nSPS) is 3.18. The Labute approximate surface area is 104 Å². The van der Waals surface area contributed by atoms with E-state index in [1.54, 1.807) is 0 Å². The summed E-state index contributed by atoms with van der Waals surface area (Å²) < 4.78 is 0. The van der Waals surface area contributed by atoms with Crippen molar-refractivity contribution in [1.82, 2.24) is 0 Å². The molecule has 0 heterocycles. The molecule has 0 saturated heterocycles. The number of aliphatic hydroxyl groups excluding tert-OH is 1. The van der Waals surface area contributed by atoms with Gasteiger partial charge in [0.05, 0.1) is 10.2 Å². The van der Waals surface area contributed by atoms with E-state index < -0.39 is 10.2 Å². The largest absolute Gasteiger partial charge is 2.00 e. The second kappa shape index (κ2) is 127. The Morgan fingerprint density at radius 2 is 0.647 bits per heavy atom. The van der Waals surface area contributed by atoms with E-state index >= 15 is 0 Å². The second-order valence-corrected chi connectivity index (χ2v) is 0.447. The number of nitrogens with zero attached hydrogens (tertiary/aromatic N) is 2. The van der Waals surface area contributed by atoms with Crippen molar-refractivity contribution in [3.63, 3.8) is 0 Å². The van der Waals surface area contributed by atoms with E-state index in [1.807, 2.05) is 0 Å². The minimum atomic E-state index is -1.75. The first-order chi connectivity index (χ1) is 4.46. The molecule has 0 aliphatic rings. The van der Waals surface area contributed by atoms with Gasteiger partial charge in [-0.2, -0.15) is 0 Å². The van der Waals surface area contributed by atoms with Gasteiger partial charge in [0.2, 0.25) is 0 Å². The molecule has 17 heavy (non-hydrogen) atoms. The van der Waals surface area contributed by atoms with E-state index in [4.69, 9.17) is 35.7 Å². The van der Waals surface area contributed by atoms with Crippen LogP contribution in [-0.2, 0) is 16.8 Å². The quantitative estimate of drug-likeness (QED) is 0.331. The van der Waals surface area contributed by atoms with E-state index in [1.165, 1.54) is 0 Å². The predicted molar refractivity (Wildman–Crippen MR) is 50.5 cm³/mol. The summed E-state index contributed by atoms with van der Waals surface area (Å²) in [5.41, 5.74) is 0. The maximum absolute atomic E-state index is 8.25. The molecular weight excluding hydrogens is 307 g/mol. The first-order valence-corrected chi connectivity index (χ1v) is 1.54. The topological polar surface area (TPSA) is 342 Å². The zero-order valence-electron chi connectivity index (χ0n) is 8.12. The van der Waals surface area contributed by atoms with Gasteiger partial charge in [0.15, 0.2) is 0 Å². The van der Waals surface area contributed by atoms with Gasteiger partial charge >= 0.3 is 16.8 Å². The van der Waals surface area contributed by atoms with E-state index in [0.29, 0.717) is 0 Å². The molecule has 13 N–H and O–H groups in total. The van der Waals surface area contributed by atoms with Crippen molar-refractivity contribution in [2.24, 2.45) is 0 Å². The minimum Gasteiger partial charge on any atom is -0.412 e. The van der Waals surface area contributed by atoms with Gasteiger partial charge in [-0.25, -0.2) is 0 Å². The third-order valence-corrected chi connectivity index (χ3v) is 0. The van der Waals surface area contributed by atoms with E-state index in [9.17, 15) is 0 Å². The summed E-state index contributed by atoms with van der Waals surface area (Å²) >= 11 is 0. The number of rotatable bonds is 0. The number of hydrogen-bond acceptors (Lipinski definition) is 7. The van der Waals surface area contributed by atoms with Crippen molar-refractivity contribution in [2.45, 2.75) is 0 Å². The monoisotopic (exact) mass is 323 g/mol. The molecule has 0 spiro atoms. The van der Waals surface area contributed by atoms with Crippen LogP contribution in [0.1, 0.15) is 0 Å². The van der Waals surface area contributed by atoms with Crippen LogP contribution in [-0.4, -0.2) is 55.2 Å². The maximum Gasteiger partial charge on any atom is 2.00 e. The van der Waals surface area contributed by atoms with Crippen LogP contribution in [0.2, 0.25) is 0 Å². The van der Waals surface area contributed by atoms with E-state index in [-0.39, 0.29) is 49.6 Å². The van der Waals surface area contributed by atoms with Crippen LogP contribution in [0.5, 0.6) is 0 Å². The van der Waals surface area contributed by atoms with Crippen molar-refractivity contribution >= 4 is 0 Å². The van der Waals surface area contributed by atoms with Crippen molar-refractivity contribution < 1.29 is 64.9 Å². The van der Waals surface area contributed by atoms with Gasteiger partial charge < -0.3 is 68.6 Å². The number of hydrogen-bond donors (Lipinski definition) is 1. The molecule has 0 atom stereocenters. The Balaban J connectivity index is -0.00000000462. The van der Waals surface area contributed by atoms with Crippen molar-refractivity contribution in [3.8, 4) is 0 Å². The molecule has 0 bridgehead atoms. The van der Waals surface area contributed by atoms with Crippen LogP contribution in [0, 0.1) is 30.6 Å². The Kier molecular flexibility index (Phi) is 788. The summed E-state index contributed by atoms with van der Waals surface area (Å²) in [4.78, 5) is 16.5. The van der Waals surface area contributed by atoms with Gasteiger partial charge in [-0.3, -0.25) is 0 Å². The zero-order chi connectivity index (χ0) is 9.15. The van der Waals surface area contributed by atoms with Gasteiger partial charge in [0.25, 0.3) is 0 Å². The molecule has 0 aromatic rings. The third kappa shape index (κ3) is 1240. The van der Waals surface area contributed by atoms with Gasteiger partial charge in [0, 0.05) is 7.11 Å². The predicted octanol–water partition coefficient (Wildman–Crippen LogP) is -5.82. The first kappa shape index (κ1) is 106. The summed E-state index contributed by atoms with van der Waals surface area (Å²) in [5, 5.41) is 36.5. The van der Waals surface area contributed by atoms with E-state index in [0.717, 1.165) is 7.11 Å². The zero-order valence-corrected chi connectivity index (χ0v) is 9.17. The maximum atomic E-state index is 8.25. The second-order valence-electron chi connectivity index (χ2n) is 0.447. The third-order valence-electron chi connectivity index (χ3n) is 0. The SMILES string of the molecule is CO.O.O.O.O.O.O.O=[N+]([O-])[O-].O=[N+]([O-])[O-].[Co+2]. The fraction of sp³-hybridized carbons (Fsp3) is 1.00. The molecule has 0 rings (SSSR count).